The van der Waals surface area contributed by atoms with Gasteiger partial charge in [-0.1, -0.05) is 50.0 Å². The number of carboxylic acid groups (broad SMARTS) is 1. The van der Waals surface area contributed by atoms with E-state index in [1.54, 1.807) is 6.92 Å². The van der Waals surface area contributed by atoms with Gasteiger partial charge in [0.05, 0.1) is 0 Å². The van der Waals surface area contributed by atoms with Crippen molar-refractivity contribution >= 4 is 5.97 Å². The first kappa shape index (κ1) is 18.9. The van der Waals surface area contributed by atoms with Gasteiger partial charge in [-0.3, -0.25) is 0 Å². The van der Waals surface area contributed by atoms with Gasteiger partial charge >= 0.3 is 0 Å². The molecule has 2 heteroatoms. The fourth-order valence-corrected chi connectivity index (χ4v) is 2.10. The van der Waals surface area contributed by atoms with E-state index in [1.165, 1.54) is 43.3 Å². The number of aliphatic carboxylic acids is 1. The second kappa shape index (κ2) is 11.7. The van der Waals surface area contributed by atoms with E-state index in [9.17, 15) is 9.90 Å². The Balaban J connectivity index is 3.78. The SMILES string of the molecule is CCCC/C=C(\C)CCC/C(C)=C/CCC(C)C(=O)[O-]. The van der Waals surface area contributed by atoms with Crippen molar-refractivity contribution in [2.75, 3.05) is 0 Å². The van der Waals surface area contributed by atoms with Crippen molar-refractivity contribution < 1.29 is 9.90 Å². The minimum absolute atomic E-state index is 0.345. The third-order valence-corrected chi connectivity index (χ3v) is 3.69. The Morgan fingerprint density at radius 3 is 2.10 bits per heavy atom. The number of carbonyl (C=O) groups is 1. The molecule has 0 amide bonds. The number of allylic oxidation sites excluding steroid dienone is 4. The van der Waals surface area contributed by atoms with Crippen molar-refractivity contribution in [2.24, 2.45) is 5.92 Å². The highest BCUT2D eigenvalue weighted by atomic mass is 16.4. The molecule has 0 aromatic heterocycles. The van der Waals surface area contributed by atoms with Gasteiger partial charge in [0, 0.05) is 5.97 Å². The van der Waals surface area contributed by atoms with Crippen molar-refractivity contribution in [3.8, 4) is 0 Å². The van der Waals surface area contributed by atoms with Gasteiger partial charge in [-0.15, -0.1) is 0 Å². The van der Waals surface area contributed by atoms with Crippen LogP contribution in [0.15, 0.2) is 23.3 Å². The van der Waals surface area contributed by atoms with Crippen LogP contribution >= 0.6 is 0 Å². The van der Waals surface area contributed by atoms with Gasteiger partial charge < -0.3 is 9.90 Å². The quantitative estimate of drug-likeness (QED) is 0.415. The third kappa shape index (κ3) is 10.8. The number of unbranched alkanes of at least 4 members (excludes halogenated alkanes) is 2. The van der Waals surface area contributed by atoms with Gasteiger partial charge in [-0.25, -0.2) is 0 Å². The summed E-state index contributed by atoms with van der Waals surface area (Å²) in [5.74, 6) is -1.29. The molecule has 0 aromatic rings. The minimum Gasteiger partial charge on any atom is -0.550 e. The molecular formula is C18H31O2-. The normalized spacial score (nSPS) is 14.4. The van der Waals surface area contributed by atoms with Crippen LogP contribution < -0.4 is 5.11 Å². The largest absolute Gasteiger partial charge is 0.550 e. The Kier molecular flexibility index (Phi) is 11.1. The predicted molar refractivity (Wildman–Crippen MR) is 84.3 cm³/mol. The second-order valence-electron chi connectivity index (χ2n) is 5.89. The molecule has 0 spiro atoms. The molecule has 2 nitrogen and oxygen atoms in total. The van der Waals surface area contributed by atoms with Crippen LogP contribution in [0.2, 0.25) is 0 Å². The number of hydrogen-bond acceptors (Lipinski definition) is 2. The molecule has 0 aromatic carbocycles. The lowest BCUT2D eigenvalue weighted by atomic mass is 10.0. The van der Waals surface area contributed by atoms with Gasteiger partial charge in [0.15, 0.2) is 0 Å². The van der Waals surface area contributed by atoms with Crippen LogP contribution in [-0.2, 0) is 4.79 Å². The summed E-state index contributed by atoms with van der Waals surface area (Å²) >= 11 is 0. The average Bonchev–Trinajstić information content (AvgIpc) is 2.38. The number of carboxylic acids is 1. The van der Waals surface area contributed by atoms with Gasteiger partial charge in [0.25, 0.3) is 0 Å². The van der Waals surface area contributed by atoms with E-state index in [0.29, 0.717) is 6.42 Å². The Morgan fingerprint density at radius 2 is 1.60 bits per heavy atom. The zero-order valence-electron chi connectivity index (χ0n) is 13.7. The highest BCUT2D eigenvalue weighted by Crippen LogP contribution is 2.14. The molecule has 0 saturated heterocycles. The van der Waals surface area contributed by atoms with Gasteiger partial charge in [0.1, 0.15) is 0 Å². The van der Waals surface area contributed by atoms with Crippen LogP contribution in [0.25, 0.3) is 0 Å². The third-order valence-electron chi connectivity index (χ3n) is 3.69. The molecule has 1 atom stereocenters. The molecule has 0 N–H and O–H groups in total. The summed E-state index contributed by atoms with van der Waals surface area (Å²) in [7, 11) is 0. The van der Waals surface area contributed by atoms with E-state index < -0.39 is 5.97 Å². The zero-order chi connectivity index (χ0) is 15.4. The van der Waals surface area contributed by atoms with Crippen LogP contribution in [0.5, 0.6) is 0 Å². The van der Waals surface area contributed by atoms with Gasteiger partial charge in [-0.2, -0.15) is 0 Å². The fraction of sp³-hybridized carbons (Fsp3) is 0.722. The van der Waals surface area contributed by atoms with E-state index >= 15 is 0 Å². The van der Waals surface area contributed by atoms with E-state index in [4.69, 9.17) is 0 Å². The van der Waals surface area contributed by atoms with Crippen molar-refractivity contribution in [1.29, 1.82) is 0 Å². The zero-order valence-corrected chi connectivity index (χ0v) is 13.7. The average molecular weight is 279 g/mol. The number of hydrogen-bond donors (Lipinski definition) is 0. The van der Waals surface area contributed by atoms with Gasteiger partial charge in [-0.05, 0) is 58.3 Å². The molecular weight excluding hydrogens is 248 g/mol. The van der Waals surface area contributed by atoms with Crippen LogP contribution in [-0.4, -0.2) is 5.97 Å². The monoisotopic (exact) mass is 279 g/mol. The first-order valence-corrected chi connectivity index (χ1v) is 7.99. The van der Waals surface area contributed by atoms with E-state index in [1.807, 2.05) is 0 Å². The van der Waals surface area contributed by atoms with Crippen LogP contribution in [0.3, 0.4) is 0 Å². The number of carbonyl (C=O) groups excluding carboxylic acids is 1. The molecule has 0 aliphatic rings. The first-order chi connectivity index (χ1) is 9.47. The van der Waals surface area contributed by atoms with Crippen molar-refractivity contribution in [2.45, 2.75) is 79.1 Å². The fourth-order valence-electron chi connectivity index (χ4n) is 2.10. The summed E-state index contributed by atoms with van der Waals surface area (Å²) in [4.78, 5) is 10.6. The van der Waals surface area contributed by atoms with Crippen LogP contribution in [0.4, 0.5) is 0 Å². The summed E-state index contributed by atoms with van der Waals surface area (Å²) in [6.07, 6.45) is 13.3. The minimum atomic E-state index is -0.941. The number of rotatable bonds is 11. The molecule has 0 rings (SSSR count). The molecule has 0 saturated carbocycles. The summed E-state index contributed by atoms with van der Waals surface area (Å²) in [5, 5.41) is 10.6. The van der Waals surface area contributed by atoms with Crippen LogP contribution in [0, 0.1) is 5.92 Å². The Labute approximate surface area is 125 Å². The van der Waals surface area contributed by atoms with E-state index in [0.717, 1.165) is 12.8 Å². The van der Waals surface area contributed by atoms with Crippen molar-refractivity contribution in [1.82, 2.24) is 0 Å². The molecule has 0 heterocycles. The molecule has 0 fully saturated rings. The summed E-state index contributed by atoms with van der Waals surface area (Å²) < 4.78 is 0. The highest BCUT2D eigenvalue weighted by Gasteiger charge is 2.01. The van der Waals surface area contributed by atoms with E-state index in [-0.39, 0.29) is 5.92 Å². The lowest BCUT2D eigenvalue weighted by Crippen LogP contribution is -2.29. The molecule has 0 aliphatic carbocycles. The maximum atomic E-state index is 10.6. The molecule has 116 valence electrons. The van der Waals surface area contributed by atoms with Crippen molar-refractivity contribution in [3.05, 3.63) is 23.3 Å². The molecule has 0 aliphatic heterocycles. The summed E-state index contributed by atoms with van der Waals surface area (Å²) in [5.41, 5.74) is 2.87. The predicted octanol–water partition coefficient (Wildman–Crippen LogP) is 4.41. The second-order valence-corrected chi connectivity index (χ2v) is 5.89. The topological polar surface area (TPSA) is 40.1 Å². The smallest absolute Gasteiger partial charge is 0.0442 e. The Morgan fingerprint density at radius 1 is 1.05 bits per heavy atom. The van der Waals surface area contributed by atoms with Crippen LogP contribution in [0.1, 0.15) is 79.1 Å². The maximum absolute atomic E-state index is 10.6. The molecule has 0 radical (unpaired) electrons. The molecule has 1 unspecified atom stereocenters. The van der Waals surface area contributed by atoms with E-state index in [2.05, 4.69) is 32.9 Å². The standard InChI is InChI=1S/C18H32O2/c1-5-6-7-10-15(2)11-8-12-16(3)13-9-14-17(4)18(19)20/h10,13,17H,5-9,11-12,14H2,1-4H3,(H,19,20)/p-1/b15-10+,16-13+. The molecule has 0 bridgehead atoms. The maximum Gasteiger partial charge on any atom is 0.0442 e. The molecule has 20 heavy (non-hydrogen) atoms. The lowest BCUT2D eigenvalue weighted by molar-refractivity contribution is -0.311. The Bertz CT molecular complexity index is 326. The Hall–Kier alpha value is -1.05. The lowest BCUT2D eigenvalue weighted by Gasteiger charge is -2.10. The van der Waals surface area contributed by atoms with Crippen molar-refractivity contribution in [3.63, 3.8) is 0 Å². The first-order valence-electron chi connectivity index (χ1n) is 7.99. The van der Waals surface area contributed by atoms with Gasteiger partial charge in [0.2, 0.25) is 0 Å². The summed E-state index contributed by atoms with van der Waals surface area (Å²) in [6.45, 7) is 8.29. The summed E-state index contributed by atoms with van der Waals surface area (Å²) in [6, 6.07) is 0. The highest BCUT2D eigenvalue weighted by molar-refractivity contribution is 5.66.